The number of rotatable bonds is 5. The van der Waals surface area contributed by atoms with Crippen LogP contribution in [0.1, 0.15) is 24.8 Å². The molecule has 78 valence electrons. The predicted molar refractivity (Wildman–Crippen MR) is 55.2 cm³/mol. The Morgan fingerprint density at radius 3 is 2.64 bits per heavy atom. The molecule has 3 heteroatoms. The Bertz CT molecular complexity index is 251. The Morgan fingerprint density at radius 2 is 2.07 bits per heavy atom. The van der Waals surface area contributed by atoms with Crippen LogP contribution in [0, 0.1) is 0 Å². The maximum absolute atomic E-state index is 9.80. The number of methoxy groups -OCH3 is 1. The quantitative estimate of drug-likeness (QED) is 0.775. The summed E-state index contributed by atoms with van der Waals surface area (Å²) in [5, 5.41) is 9.80. The zero-order chi connectivity index (χ0) is 10.4. The molecule has 0 saturated carbocycles. The summed E-state index contributed by atoms with van der Waals surface area (Å²) < 4.78 is 4.93. The van der Waals surface area contributed by atoms with Crippen molar-refractivity contribution in [1.82, 2.24) is 4.98 Å². The van der Waals surface area contributed by atoms with E-state index in [0.29, 0.717) is 13.0 Å². The van der Waals surface area contributed by atoms with E-state index in [1.54, 1.807) is 19.5 Å². The van der Waals surface area contributed by atoms with E-state index in [4.69, 9.17) is 4.74 Å². The van der Waals surface area contributed by atoms with Gasteiger partial charge in [-0.1, -0.05) is 6.92 Å². The molecule has 0 spiro atoms. The van der Waals surface area contributed by atoms with E-state index in [1.165, 1.54) is 0 Å². The molecule has 0 saturated heterocycles. The first-order valence-corrected chi connectivity index (χ1v) is 4.82. The second-order valence-corrected chi connectivity index (χ2v) is 3.42. The van der Waals surface area contributed by atoms with Crippen molar-refractivity contribution in [2.45, 2.75) is 25.4 Å². The lowest BCUT2D eigenvalue weighted by molar-refractivity contribution is 0.0943. The molecular weight excluding hydrogens is 178 g/mol. The van der Waals surface area contributed by atoms with Crippen molar-refractivity contribution in [3.8, 4) is 0 Å². The number of nitrogens with zero attached hydrogens (tertiary/aromatic N) is 1. The average Bonchev–Trinajstić information content (AvgIpc) is 2.26. The fourth-order valence-corrected chi connectivity index (χ4v) is 1.38. The van der Waals surface area contributed by atoms with E-state index in [1.807, 2.05) is 19.1 Å². The van der Waals surface area contributed by atoms with E-state index in [-0.39, 0.29) is 12.0 Å². The molecule has 0 bridgehead atoms. The standard InChI is InChI=1S/C11H17NO2/c1-9(11(13)5-8-14-2)10-3-6-12-7-4-10/h3-4,6-7,9,11,13H,5,8H2,1-2H3. The molecule has 0 amide bonds. The van der Waals surface area contributed by atoms with Gasteiger partial charge in [0, 0.05) is 32.0 Å². The van der Waals surface area contributed by atoms with Crippen LogP contribution in [0.2, 0.25) is 0 Å². The first-order chi connectivity index (χ1) is 6.75. The smallest absolute Gasteiger partial charge is 0.0628 e. The number of aliphatic hydroxyl groups is 1. The van der Waals surface area contributed by atoms with Crippen LogP contribution in [0.25, 0.3) is 0 Å². The van der Waals surface area contributed by atoms with Crippen LogP contribution in [0.15, 0.2) is 24.5 Å². The monoisotopic (exact) mass is 195 g/mol. The van der Waals surface area contributed by atoms with Crippen molar-refractivity contribution in [1.29, 1.82) is 0 Å². The Kier molecular flexibility index (Phi) is 4.56. The third kappa shape index (κ3) is 3.09. The van der Waals surface area contributed by atoms with Gasteiger partial charge in [0.05, 0.1) is 6.10 Å². The predicted octanol–water partition coefficient (Wildman–Crippen LogP) is 1.58. The number of aliphatic hydroxyl groups excluding tert-OH is 1. The molecule has 0 aliphatic carbocycles. The summed E-state index contributed by atoms with van der Waals surface area (Å²) in [6.07, 6.45) is 3.81. The molecule has 1 aromatic heterocycles. The van der Waals surface area contributed by atoms with E-state index in [0.717, 1.165) is 5.56 Å². The summed E-state index contributed by atoms with van der Waals surface area (Å²) in [4.78, 5) is 3.94. The number of aromatic nitrogens is 1. The molecule has 2 unspecified atom stereocenters. The Morgan fingerprint density at radius 1 is 1.43 bits per heavy atom. The van der Waals surface area contributed by atoms with Crippen molar-refractivity contribution in [2.75, 3.05) is 13.7 Å². The van der Waals surface area contributed by atoms with Gasteiger partial charge < -0.3 is 9.84 Å². The highest BCUT2D eigenvalue weighted by Crippen LogP contribution is 2.20. The maximum Gasteiger partial charge on any atom is 0.0628 e. The lowest BCUT2D eigenvalue weighted by Crippen LogP contribution is -2.17. The summed E-state index contributed by atoms with van der Waals surface area (Å²) in [5.74, 6) is 0.133. The minimum absolute atomic E-state index is 0.133. The van der Waals surface area contributed by atoms with Crippen LogP contribution in [0.5, 0.6) is 0 Å². The summed E-state index contributed by atoms with van der Waals surface area (Å²) in [6, 6.07) is 3.86. The highest BCUT2D eigenvalue weighted by atomic mass is 16.5. The summed E-state index contributed by atoms with van der Waals surface area (Å²) in [7, 11) is 1.64. The second kappa shape index (κ2) is 5.73. The van der Waals surface area contributed by atoms with Gasteiger partial charge in [0.15, 0.2) is 0 Å². The molecule has 1 aromatic rings. The van der Waals surface area contributed by atoms with E-state index >= 15 is 0 Å². The first-order valence-electron chi connectivity index (χ1n) is 4.82. The topological polar surface area (TPSA) is 42.4 Å². The number of hydrogen-bond acceptors (Lipinski definition) is 3. The maximum atomic E-state index is 9.80. The molecule has 1 N–H and O–H groups in total. The van der Waals surface area contributed by atoms with Gasteiger partial charge in [0.1, 0.15) is 0 Å². The molecule has 0 fully saturated rings. The Hall–Kier alpha value is -0.930. The molecule has 0 aliphatic rings. The van der Waals surface area contributed by atoms with Crippen molar-refractivity contribution >= 4 is 0 Å². The van der Waals surface area contributed by atoms with Gasteiger partial charge in [-0.25, -0.2) is 0 Å². The lowest BCUT2D eigenvalue weighted by Gasteiger charge is -2.18. The normalized spacial score (nSPS) is 15.1. The molecule has 0 aliphatic heterocycles. The third-order valence-electron chi connectivity index (χ3n) is 2.43. The van der Waals surface area contributed by atoms with E-state index in [9.17, 15) is 5.11 Å². The van der Waals surface area contributed by atoms with Crippen LogP contribution >= 0.6 is 0 Å². The fourth-order valence-electron chi connectivity index (χ4n) is 1.38. The average molecular weight is 195 g/mol. The minimum Gasteiger partial charge on any atom is -0.392 e. The zero-order valence-corrected chi connectivity index (χ0v) is 8.68. The lowest BCUT2D eigenvalue weighted by atomic mass is 9.95. The molecule has 2 atom stereocenters. The summed E-state index contributed by atoms with van der Waals surface area (Å²) in [5.41, 5.74) is 1.11. The van der Waals surface area contributed by atoms with Crippen LogP contribution in [0.4, 0.5) is 0 Å². The molecule has 1 heterocycles. The third-order valence-corrected chi connectivity index (χ3v) is 2.43. The van der Waals surface area contributed by atoms with Crippen molar-refractivity contribution in [2.24, 2.45) is 0 Å². The summed E-state index contributed by atoms with van der Waals surface area (Å²) >= 11 is 0. The van der Waals surface area contributed by atoms with Crippen LogP contribution in [0.3, 0.4) is 0 Å². The minimum atomic E-state index is -0.350. The van der Waals surface area contributed by atoms with Crippen LogP contribution in [-0.4, -0.2) is 29.9 Å². The molecule has 0 radical (unpaired) electrons. The van der Waals surface area contributed by atoms with Gasteiger partial charge in [0.2, 0.25) is 0 Å². The number of hydrogen-bond donors (Lipinski definition) is 1. The van der Waals surface area contributed by atoms with Crippen molar-refractivity contribution in [3.05, 3.63) is 30.1 Å². The van der Waals surface area contributed by atoms with Gasteiger partial charge in [-0.15, -0.1) is 0 Å². The highest BCUT2D eigenvalue weighted by molar-refractivity contribution is 5.16. The molecule has 3 nitrogen and oxygen atoms in total. The molecule has 0 aromatic carbocycles. The fraction of sp³-hybridized carbons (Fsp3) is 0.545. The van der Waals surface area contributed by atoms with Gasteiger partial charge >= 0.3 is 0 Å². The van der Waals surface area contributed by atoms with E-state index in [2.05, 4.69) is 4.98 Å². The molecular formula is C11H17NO2. The molecule has 14 heavy (non-hydrogen) atoms. The highest BCUT2D eigenvalue weighted by Gasteiger charge is 2.15. The Labute approximate surface area is 84.7 Å². The van der Waals surface area contributed by atoms with Crippen molar-refractivity contribution < 1.29 is 9.84 Å². The van der Waals surface area contributed by atoms with E-state index < -0.39 is 0 Å². The number of ether oxygens (including phenoxy) is 1. The van der Waals surface area contributed by atoms with Gasteiger partial charge in [-0.2, -0.15) is 0 Å². The SMILES string of the molecule is COCCC(O)C(C)c1ccncc1. The van der Waals surface area contributed by atoms with Gasteiger partial charge in [-0.05, 0) is 24.1 Å². The molecule has 1 rings (SSSR count). The largest absolute Gasteiger partial charge is 0.392 e. The van der Waals surface area contributed by atoms with Gasteiger partial charge in [-0.3, -0.25) is 4.98 Å². The zero-order valence-electron chi connectivity index (χ0n) is 8.68. The number of pyridine rings is 1. The van der Waals surface area contributed by atoms with Crippen molar-refractivity contribution in [3.63, 3.8) is 0 Å². The van der Waals surface area contributed by atoms with Gasteiger partial charge in [0.25, 0.3) is 0 Å². The first kappa shape index (κ1) is 11.1. The van der Waals surface area contributed by atoms with Crippen LogP contribution < -0.4 is 0 Å². The van der Waals surface area contributed by atoms with Crippen LogP contribution in [-0.2, 0) is 4.74 Å². The summed E-state index contributed by atoms with van der Waals surface area (Å²) in [6.45, 7) is 2.60. The second-order valence-electron chi connectivity index (χ2n) is 3.42. The Balaban J connectivity index is 2.52.